The van der Waals surface area contributed by atoms with E-state index in [-0.39, 0.29) is 17.8 Å². The van der Waals surface area contributed by atoms with Crippen LogP contribution in [0.1, 0.15) is 47.0 Å². The molecule has 2 heteroatoms. The number of hydrogen-bond donors (Lipinski definition) is 0. The molecule has 0 amide bonds. The second-order valence-electron chi connectivity index (χ2n) is 4.94. The first-order chi connectivity index (χ1) is 6.00. The van der Waals surface area contributed by atoms with Gasteiger partial charge in [-0.2, -0.15) is 0 Å². The molecular formula is C11H22O2. The van der Waals surface area contributed by atoms with Crippen LogP contribution in [0.15, 0.2) is 0 Å². The summed E-state index contributed by atoms with van der Waals surface area (Å²) in [6.07, 6.45) is 3.78. The van der Waals surface area contributed by atoms with E-state index in [1.807, 2.05) is 0 Å². The molecule has 0 radical (unpaired) electrons. The third-order valence-corrected chi connectivity index (χ3v) is 2.71. The largest absolute Gasteiger partial charge is 0.353 e. The van der Waals surface area contributed by atoms with Gasteiger partial charge in [-0.3, -0.25) is 0 Å². The zero-order valence-electron chi connectivity index (χ0n) is 9.30. The van der Waals surface area contributed by atoms with Gasteiger partial charge in [-0.15, -0.1) is 0 Å². The maximum Gasteiger partial charge on any atom is 0.157 e. The smallest absolute Gasteiger partial charge is 0.157 e. The summed E-state index contributed by atoms with van der Waals surface area (Å²) >= 11 is 0. The minimum absolute atomic E-state index is 0.0444. The highest BCUT2D eigenvalue weighted by Crippen LogP contribution is 2.25. The van der Waals surface area contributed by atoms with Gasteiger partial charge in [0.25, 0.3) is 0 Å². The Morgan fingerprint density at radius 3 is 2.46 bits per heavy atom. The summed E-state index contributed by atoms with van der Waals surface area (Å²) < 4.78 is 11.4. The zero-order valence-corrected chi connectivity index (χ0v) is 9.30. The van der Waals surface area contributed by atoms with Crippen molar-refractivity contribution in [1.82, 2.24) is 0 Å². The van der Waals surface area contributed by atoms with Crippen LogP contribution >= 0.6 is 0 Å². The van der Waals surface area contributed by atoms with E-state index in [0.29, 0.717) is 0 Å². The maximum atomic E-state index is 5.83. The zero-order chi connectivity index (χ0) is 9.90. The lowest BCUT2D eigenvalue weighted by Gasteiger charge is -2.32. The summed E-state index contributed by atoms with van der Waals surface area (Å²) in [6, 6.07) is 0. The molecule has 0 aliphatic carbocycles. The highest BCUT2D eigenvalue weighted by molar-refractivity contribution is 4.71. The summed E-state index contributed by atoms with van der Waals surface area (Å²) in [4.78, 5) is 0. The van der Waals surface area contributed by atoms with Crippen molar-refractivity contribution < 1.29 is 9.47 Å². The van der Waals surface area contributed by atoms with E-state index in [1.54, 1.807) is 0 Å². The first-order valence-corrected chi connectivity index (χ1v) is 5.27. The molecule has 0 aromatic heterocycles. The van der Waals surface area contributed by atoms with E-state index in [2.05, 4.69) is 27.7 Å². The van der Waals surface area contributed by atoms with Gasteiger partial charge in [0.2, 0.25) is 0 Å². The quantitative estimate of drug-likeness (QED) is 0.660. The van der Waals surface area contributed by atoms with Crippen LogP contribution in [0.4, 0.5) is 0 Å². The Morgan fingerprint density at radius 1 is 1.31 bits per heavy atom. The summed E-state index contributed by atoms with van der Waals surface area (Å²) in [7, 11) is 0. The van der Waals surface area contributed by atoms with Gasteiger partial charge < -0.3 is 9.47 Å². The van der Waals surface area contributed by atoms with Gasteiger partial charge in [-0.05, 0) is 31.6 Å². The highest BCUT2D eigenvalue weighted by Gasteiger charge is 2.25. The fourth-order valence-corrected chi connectivity index (χ4v) is 1.25. The Balaban J connectivity index is 2.30. The van der Waals surface area contributed by atoms with Crippen LogP contribution in [-0.4, -0.2) is 19.0 Å². The molecule has 1 aliphatic rings. The van der Waals surface area contributed by atoms with Gasteiger partial charge in [-0.1, -0.05) is 20.8 Å². The number of ether oxygens (including phenoxy) is 2. The molecule has 13 heavy (non-hydrogen) atoms. The van der Waals surface area contributed by atoms with Crippen molar-refractivity contribution in [2.75, 3.05) is 6.61 Å². The van der Waals surface area contributed by atoms with Crippen molar-refractivity contribution in [3.05, 3.63) is 0 Å². The SMILES string of the molecule is CC(OC1CCCCO1)C(C)(C)C. The third kappa shape index (κ3) is 3.65. The Bertz CT molecular complexity index is 143. The highest BCUT2D eigenvalue weighted by atomic mass is 16.7. The fourth-order valence-electron chi connectivity index (χ4n) is 1.25. The summed E-state index contributed by atoms with van der Waals surface area (Å²) in [6.45, 7) is 9.57. The molecule has 1 aliphatic heterocycles. The molecule has 1 saturated heterocycles. The van der Waals surface area contributed by atoms with Crippen molar-refractivity contribution in [2.45, 2.75) is 59.4 Å². The molecule has 1 rings (SSSR count). The van der Waals surface area contributed by atoms with E-state index in [9.17, 15) is 0 Å². The molecule has 0 saturated carbocycles. The molecule has 1 fully saturated rings. The normalized spacial score (nSPS) is 27.2. The lowest BCUT2D eigenvalue weighted by atomic mass is 9.90. The Hall–Kier alpha value is -0.0800. The van der Waals surface area contributed by atoms with Gasteiger partial charge in [0.1, 0.15) is 0 Å². The first-order valence-electron chi connectivity index (χ1n) is 5.27. The van der Waals surface area contributed by atoms with Crippen LogP contribution in [0.2, 0.25) is 0 Å². The molecule has 2 unspecified atom stereocenters. The molecule has 78 valence electrons. The van der Waals surface area contributed by atoms with Gasteiger partial charge in [-0.25, -0.2) is 0 Å². The molecule has 0 aromatic rings. The Kier molecular flexibility index (Phi) is 3.74. The monoisotopic (exact) mass is 186 g/mol. The number of hydrogen-bond acceptors (Lipinski definition) is 2. The topological polar surface area (TPSA) is 18.5 Å². The van der Waals surface area contributed by atoms with E-state index in [4.69, 9.17) is 9.47 Å². The van der Waals surface area contributed by atoms with Crippen LogP contribution in [0.25, 0.3) is 0 Å². The minimum Gasteiger partial charge on any atom is -0.353 e. The van der Waals surface area contributed by atoms with Crippen LogP contribution in [-0.2, 0) is 9.47 Å². The van der Waals surface area contributed by atoms with Gasteiger partial charge in [0, 0.05) is 6.61 Å². The average Bonchev–Trinajstić information content (AvgIpc) is 2.04. The summed E-state index contributed by atoms with van der Waals surface area (Å²) in [5.41, 5.74) is 0.209. The molecule has 0 spiro atoms. The maximum absolute atomic E-state index is 5.83. The standard InChI is InChI=1S/C11H22O2/c1-9(11(2,3)4)13-10-7-5-6-8-12-10/h9-10H,5-8H2,1-4H3. The molecule has 0 aromatic carbocycles. The fraction of sp³-hybridized carbons (Fsp3) is 1.00. The molecule has 1 heterocycles. The Labute approximate surface area is 81.6 Å². The predicted molar refractivity (Wildman–Crippen MR) is 53.6 cm³/mol. The average molecular weight is 186 g/mol. The second kappa shape index (κ2) is 4.43. The molecular weight excluding hydrogens is 164 g/mol. The molecule has 2 atom stereocenters. The first kappa shape index (κ1) is 11.0. The molecule has 0 bridgehead atoms. The third-order valence-electron chi connectivity index (χ3n) is 2.71. The predicted octanol–water partition coefficient (Wildman–Crippen LogP) is 2.96. The van der Waals surface area contributed by atoms with Gasteiger partial charge in [0.15, 0.2) is 6.29 Å². The number of rotatable bonds is 2. The van der Waals surface area contributed by atoms with Crippen LogP contribution in [0.3, 0.4) is 0 Å². The Morgan fingerprint density at radius 2 is 2.00 bits per heavy atom. The minimum atomic E-state index is 0.0444. The van der Waals surface area contributed by atoms with E-state index < -0.39 is 0 Å². The van der Waals surface area contributed by atoms with Gasteiger partial charge in [0.05, 0.1) is 6.10 Å². The summed E-state index contributed by atoms with van der Waals surface area (Å²) in [5, 5.41) is 0. The lowest BCUT2D eigenvalue weighted by Crippen LogP contribution is -2.33. The van der Waals surface area contributed by atoms with E-state index in [0.717, 1.165) is 13.0 Å². The van der Waals surface area contributed by atoms with Crippen molar-refractivity contribution in [3.8, 4) is 0 Å². The van der Waals surface area contributed by atoms with Gasteiger partial charge >= 0.3 is 0 Å². The van der Waals surface area contributed by atoms with Crippen molar-refractivity contribution in [1.29, 1.82) is 0 Å². The second-order valence-corrected chi connectivity index (χ2v) is 4.94. The lowest BCUT2D eigenvalue weighted by molar-refractivity contribution is -0.202. The van der Waals surface area contributed by atoms with Crippen LogP contribution in [0.5, 0.6) is 0 Å². The van der Waals surface area contributed by atoms with Crippen molar-refractivity contribution >= 4 is 0 Å². The van der Waals surface area contributed by atoms with Crippen LogP contribution in [0, 0.1) is 5.41 Å². The van der Waals surface area contributed by atoms with E-state index in [1.165, 1.54) is 12.8 Å². The molecule has 2 nitrogen and oxygen atoms in total. The van der Waals surface area contributed by atoms with E-state index >= 15 is 0 Å². The van der Waals surface area contributed by atoms with Crippen molar-refractivity contribution in [3.63, 3.8) is 0 Å². The van der Waals surface area contributed by atoms with Crippen molar-refractivity contribution in [2.24, 2.45) is 5.41 Å². The summed E-state index contributed by atoms with van der Waals surface area (Å²) in [5.74, 6) is 0. The van der Waals surface area contributed by atoms with Crippen LogP contribution < -0.4 is 0 Å². The molecule has 0 N–H and O–H groups in total.